The molecule has 0 aliphatic carbocycles. The lowest BCUT2D eigenvalue weighted by Gasteiger charge is -2.36. The molecule has 1 N–H and O–H groups in total. The molecule has 1 atom stereocenters. The van der Waals surface area contributed by atoms with Gasteiger partial charge in [0.2, 0.25) is 0 Å². The Morgan fingerprint density at radius 3 is 2.70 bits per heavy atom. The zero-order chi connectivity index (χ0) is 16.9. The number of carbonyl (C=O) groups is 1. The van der Waals surface area contributed by atoms with E-state index in [4.69, 9.17) is 9.47 Å². The van der Waals surface area contributed by atoms with Crippen LogP contribution in [0.2, 0.25) is 0 Å². The Morgan fingerprint density at radius 1 is 1.43 bits per heavy atom. The molecule has 1 fully saturated rings. The summed E-state index contributed by atoms with van der Waals surface area (Å²) in [5, 5.41) is 9.26. The van der Waals surface area contributed by atoms with Crippen LogP contribution in [0.25, 0.3) is 0 Å². The number of hydrogen-bond donors (Lipinski definition) is 1. The van der Waals surface area contributed by atoms with Crippen molar-refractivity contribution in [3.05, 3.63) is 22.9 Å². The minimum Gasteiger partial charge on any atom is -0.462 e. The molecule has 2 aliphatic rings. The fraction of sp³-hybridized carbons (Fsp3) is 0.667. The van der Waals surface area contributed by atoms with Gasteiger partial charge < -0.3 is 14.4 Å². The predicted molar refractivity (Wildman–Crippen MR) is 86.6 cm³/mol. The largest absolute Gasteiger partial charge is 0.462 e. The second-order valence-corrected chi connectivity index (χ2v) is 6.47. The molecule has 23 heavy (non-hydrogen) atoms. The Hall–Kier alpha value is -1.64. The Kier molecular flexibility index (Phi) is 5.97. The maximum atomic E-state index is 11.9. The normalized spacial score (nSPS) is 26.3. The maximum absolute atomic E-state index is 11.9. The minimum atomic E-state index is -0.554. The summed E-state index contributed by atoms with van der Waals surface area (Å²) in [4.78, 5) is 13.3. The van der Waals surface area contributed by atoms with Gasteiger partial charge in [-0.1, -0.05) is 6.92 Å². The molecule has 2 rings (SSSR count). The van der Waals surface area contributed by atoms with E-state index >= 15 is 0 Å². The molecular formula is C18H27N2O3+. The average molecular weight is 319 g/mol. The smallest absolute Gasteiger partial charge is 0.348 e. The number of carbonyl (C=O) groups excluding carboxylic acids is 1. The van der Waals surface area contributed by atoms with Crippen LogP contribution in [0.5, 0.6) is 0 Å². The van der Waals surface area contributed by atoms with Gasteiger partial charge in [0.05, 0.1) is 38.3 Å². The van der Waals surface area contributed by atoms with Gasteiger partial charge in [-0.15, -0.1) is 0 Å². The van der Waals surface area contributed by atoms with Crippen LogP contribution >= 0.6 is 0 Å². The van der Waals surface area contributed by atoms with Gasteiger partial charge >= 0.3 is 5.97 Å². The van der Waals surface area contributed by atoms with E-state index in [0.29, 0.717) is 6.61 Å². The first kappa shape index (κ1) is 17.7. The fourth-order valence-corrected chi connectivity index (χ4v) is 3.21. The van der Waals surface area contributed by atoms with Gasteiger partial charge in [0, 0.05) is 18.4 Å². The van der Waals surface area contributed by atoms with Crippen molar-refractivity contribution in [1.29, 1.82) is 5.26 Å². The van der Waals surface area contributed by atoms with E-state index in [1.54, 1.807) is 13.0 Å². The van der Waals surface area contributed by atoms with Gasteiger partial charge in [-0.25, -0.2) is 4.79 Å². The van der Waals surface area contributed by atoms with Crippen molar-refractivity contribution in [3.63, 3.8) is 0 Å². The quantitative estimate of drug-likeness (QED) is 0.474. The minimum absolute atomic E-state index is 0.0571. The van der Waals surface area contributed by atoms with Crippen molar-refractivity contribution < 1.29 is 19.2 Å². The average Bonchev–Trinajstić information content (AvgIpc) is 3.08. The summed E-state index contributed by atoms with van der Waals surface area (Å²) in [6, 6.07) is 1.97. The summed E-state index contributed by atoms with van der Waals surface area (Å²) in [6.45, 7) is 8.97. The predicted octanol–water partition coefficient (Wildman–Crippen LogP) is 1.52. The SMILES string of the molecule is CCOC(=O)/C(C#N)=C/C1=C([NH+]2CCCC2)C[C@](C)(CC)OC1. The number of nitriles is 1. The Labute approximate surface area is 138 Å². The van der Waals surface area contributed by atoms with E-state index in [2.05, 4.69) is 13.8 Å². The van der Waals surface area contributed by atoms with Gasteiger partial charge in [0.1, 0.15) is 17.3 Å². The summed E-state index contributed by atoms with van der Waals surface area (Å²) < 4.78 is 11.0. The van der Waals surface area contributed by atoms with Gasteiger partial charge in [0.25, 0.3) is 0 Å². The number of nitrogens with zero attached hydrogens (tertiary/aromatic N) is 1. The third kappa shape index (κ3) is 4.21. The summed E-state index contributed by atoms with van der Waals surface area (Å²) in [5.41, 5.74) is 2.17. The lowest BCUT2D eigenvalue weighted by Crippen LogP contribution is -3.08. The number of nitrogens with one attached hydrogen (secondary N) is 1. The molecule has 0 radical (unpaired) electrons. The van der Waals surface area contributed by atoms with Gasteiger partial charge in [-0.2, -0.15) is 5.26 Å². The van der Waals surface area contributed by atoms with E-state index in [1.165, 1.54) is 23.4 Å². The summed E-state index contributed by atoms with van der Waals surface area (Å²) >= 11 is 0. The molecule has 0 saturated carbocycles. The molecule has 0 bridgehead atoms. The molecule has 0 amide bonds. The molecule has 126 valence electrons. The topological polar surface area (TPSA) is 63.8 Å². The van der Waals surface area contributed by atoms with Crippen molar-refractivity contribution in [1.82, 2.24) is 0 Å². The second kappa shape index (κ2) is 7.76. The molecule has 0 aromatic carbocycles. The van der Waals surface area contributed by atoms with Crippen LogP contribution in [0.15, 0.2) is 22.9 Å². The summed E-state index contributed by atoms with van der Waals surface area (Å²) in [7, 11) is 0. The third-order valence-corrected chi connectivity index (χ3v) is 4.83. The van der Waals surface area contributed by atoms with E-state index in [9.17, 15) is 10.1 Å². The molecule has 1 saturated heterocycles. The Bertz CT molecular complexity index is 553. The van der Waals surface area contributed by atoms with Crippen molar-refractivity contribution >= 4 is 5.97 Å². The van der Waals surface area contributed by atoms with Crippen molar-refractivity contribution in [2.75, 3.05) is 26.3 Å². The first-order valence-electron chi connectivity index (χ1n) is 8.53. The first-order valence-corrected chi connectivity index (χ1v) is 8.53. The molecule has 2 heterocycles. The zero-order valence-electron chi connectivity index (χ0n) is 14.4. The van der Waals surface area contributed by atoms with Crippen LogP contribution in [0.4, 0.5) is 0 Å². The molecule has 5 heteroatoms. The molecule has 0 aromatic heterocycles. The lowest BCUT2D eigenvalue weighted by atomic mass is 9.90. The van der Waals surface area contributed by atoms with Crippen LogP contribution in [-0.2, 0) is 14.3 Å². The molecule has 0 aromatic rings. The van der Waals surface area contributed by atoms with E-state index in [1.807, 2.05) is 6.07 Å². The third-order valence-electron chi connectivity index (χ3n) is 4.83. The summed E-state index contributed by atoms with van der Waals surface area (Å²) in [6.07, 6.45) is 5.93. The van der Waals surface area contributed by atoms with Crippen molar-refractivity contribution in [2.24, 2.45) is 0 Å². The standard InChI is InChI=1S/C18H26N2O3/c1-4-18(3)11-16(20-8-6-7-9-20)15(13-23-18)10-14(12-19)17(21)22-5-2/h10H,4-9,11,13H2,1-3H3/p+1/b14-10+/t18-/m0/s1. The highest BCUT2D eigenvalue weighted by Gasteiger charge is 2.36. The molecule has 0 spiro atoms. The molecule has 2 aliphatic heterocycles. The molecule has 5 nitrogen and oxygen atoms in total. The monoisotopic (exact) mass is 319 g/mol. The number of quaternary nitrogens is 1. The molecular weight excluding hydrogens is 292 g/mol. The van der Waals surface area contributed by atoms with Crippen LogP contribution < -0.4 is 4.90 Å². The first-order chi connectivity index (χ1) is 11.0. The van der Waals surface area contributed by atoms with Crippen molar-refractivity contribution in [2.45, 2.75) is 52.1 Å². The highest BCUT2D eigenvalue weighted by Crippen LogP contribution is 2.30. The number of hydrogen-bond acceptors (Lipinski definition) is 4. The van der Waals surface area contributed by atoms with Gasteiger partial charge in [-0.05, 0) is 26.3 Å². The molecule has 0 unspecified atom stereocenters. The number of esters is 1. The number of likely N-dealkylation sites (tertiary alicyclic amines) is 1. The Balaban J connectivity index is 2.35. The lowest BCUT2D eigenvalue weighted by molar-refractivity contribution is -0.850. The Morgan fingerprint density at radius 2 is 2.13 bits per heavy atom. The van der Waals surface area contributed by atoms with Crippen LogP contribution in [0.1, 0.15) is 46.5 Å². The highest BCUT2D eigenvalue weighted by atomic mass is 16.5. The maximum Gasteiger partial charge on any atom is 0.348 e. The summed E-state index contributed by atoms with van der Waals surface area (Å²) in [5.74, 6) is -0.554. The van der Waals surface area contributed by atoms with Gasteiger partial charge in [0.15, 0.2) is 0 Å². The fourth-order valence-electron chi connectivity index (χ4n) is 3.21. The van der Waals surface area contributed by atoms with E-state index < -0.39 is 5.97 Å². The van der Waals surface area contributed by atoms with Crippen LogP contribution in [0.3, 0.4) is 0 Å². The van der Waals surface area contributed by atoms with E-state index in [-0.39, 0.29) is 17.8 Å². The van der Waals surface area contributed by atoms with Gasteiger partial charge in [-0.3, -0.25) is 0 Å². The highest BCUT2D eigenvalue weighted by molar-refractivity contribution is 5.93. The second-order valence-electron chi connectivity index (χ2n) is 6.47. The number of rotatable bonds is 5. The van der Waals surface area contributed by atoms with Crippen molar-refractivity contribution in [3.8, 4) is 6.07 Å². The number of ether oxygens (including phenoxy) is 2. The zero-order valence-corrected chi connectivity index (χ0v) is 14.4. The van der Waals surface area contributed by atoms with Crippen LogP contribution in [-0.4, -0.2) is 37.9 Å². The van der Waals surface area contributed by atoms with Crippen LogP contribution in [0, 0.1) is 11.3 Å². The van der Waals surface area contributed by atoms with E-state index in [0.717, 1.165) is 31.5 Å².